The molecule has 1 atom stereocenters. The van der Waals surface area contributed by atoms with Gasteiger partial charge in [-0.05, 0) is 35.9 Å². The van der Waals surface area contributed by atoms with Gasteiger partial charge in [0.15, 0.2) is 0 Å². The van der Waals surface area contributed by atoms with Crippen molar-refractivity contribution in [3.05, 3.63) is 59.9 Å². The van der Waals surface area contributed by atoms with Gasteiger partial charge in [-0.15, -0.1) is 0 Å². The first kappa shape index (κ1) is 12.8. The second-order valence-electron chi connectivity index (χ2n) is 3.78. The molecule has 0 heterocycles. The van der Waals surface area contributed by atoms with Gasteiger partial charge < -0.3 is 9.26 Å². The van der Waals surface area contributed by atoms with E-state index in [4.69, 9.17) is 9.26 Å². The maximum Gasteiger partial charge on any atom is 0.125 e. The van der Waals surface area contributed by atoms with Crippen LogP contribution in [0.25, 0.3) is 0 Å². The number of rotatable bonds is 5. The highest BCUT2D eigenvalue weighted by molar-refractivity contribution is 7.10. The summed E-state index contributed by atoms with van der Waals surface area (Å²) in [6.45, 7) is 0.524. The molecule has 4 heteroatoms. The molecule has 0 saturated carbocycles. The fourth-order valence-corrected chi connectivity index (χ4v) is 1.86. The quantitative estimate of drug-likeness (QED) is 0.768. The lowest BCUT2D eigenvalue weighted by Gasteiger charge is -2.09. The van der Waals surface area contributed by atoms with Gasteiger partial charge in [-0.2, -0.15) is 0 Å². The number of hydrogen-bond acceptors (Lipinski definition) is 2. The van der Waals surface area contributed by atoms with E-state index in [0.29, 0.717) is 12.4 Å². The number of hydrogen-bond donors (Lipinski definition) is 0. The lowest BCUT2D eigenvalue weighted by Crippen LogP contribution is -2.02. The zero-order valence-electron chi connectivity index (χ0n) is 9.80. The van der Waals surface area contributed by atoms with Gasteiger partial charge >= 0.3 is 0 Å². The Kier molecular flexibility index (Phi) is 4.54. The fraction of sp³-hybridized carbons (Fsp3) is 0.143. The van der Waals surface area contributed by atoms with E-state index in [1.165, 1.54) is 12.1 Å². The smallest absolute Gasteiger partial charge is 0.125 e. The topological polar surface area (TPSA) is 18.5 Å². The zero-order chi connectivity index (χ0) is 12.8. The highest BCUT2D eigenvalue weighted by Crippen LogP contribution is 2.20. The Labute approximate surface area is 108 Å². The van der Waals surface area contributed by atoms with Crippen LogP contribution in [0.4, 0.5) is 4.39 Å². The number of ether oxygens (including phenoxy) is 1. The van der Waals surface area contributed by atoms with Crippen molar-refractivity contribution in [3.63, 3.8) is 0 Å². The zero-order valence-corrected chi connectivity index (χ0v) is 11.0. The van der Waals surface area contributed by atoms with Crippen molar-refractivity contribution < 1.29 is 13.7 Å². The third-order valence-electron chi connectivity index (χ3n) is 2.55. The molecule has 0 saturated heterocycles. The predicted molar refractivity (Wildman–Crippen MR) is 72.4 cm³/mol. The lowest BCUT2D eigenvalue weighted by atomic mass is 10.1. The van der Waals surface area contributed by atoms with Crippen molar-refractivity contribution >= 4 is 9.47 Å². The van der Waals surface area contributed by atoms with Crippen LogP contribution < -0.4 is 9.26 Å². The van der Waals surface area contributed by atoms with E-state index in [9.17, 15) is 4.39 Å². The van der Waals surface area contributed by atoms with Gasteiger partial charge in [0, 0.05) is 6.42 Å². The summed E-state index contributed by atoms with van der Waals surface area (Å²) in [4.78, 5) is 0. The molecule has 0 N–H and O–H groups in total. The second-order valence-corrected chi connectivity index (χ2v) is 4.01. The normalized spacial score (nSPS) is 10.1. The van der Waals surface area contributed by atoms with Gasteiger partial charge in [0.1, 0.15) is 17.3 Å². The van der Waals surface area contributed by atoms with Crippen LogP contribution >= 0.6 is 9.47 Å². The van der Waals surface area contributed by atoms with Crippen LogP contribution in [-0.4, -0.2) is 6.61 Å². The molecule has 0 spiro atoms. The summed E-state index contributed by atoms with van der Waals surface area (Å²) in [5.74, 6) is 1.23. The van der Waals surface area contributed by atoms with Crippen LogP contribution in [0, 0.1) is 5.82 Å². The highest BCUT2D eigenvalue weighted by Gasteiger charge is 2.02. The van der Waals surface area contributed by atoms with Crippen molar-refractivity contribution in [3.8, 4) is 11.5 Å². The number of halogens is 1. The van der Waals surface area contributed by atoms with Crippen LogP contribution in [0.5, 0.6) is 11.5 Å². The Hall–Kier alpha value is -1.60. The molecular formula is C14H14FO2P. The molecule has 2 nitrogen and oxygen atoms in total. The van der Waals surface area contributed by atoms with E-state index in [1.807, 2.05) is 24.3 Å². The van der Waals surface area contributed by atoms with Crippen molar-refractivity contribution in [2.45, 2.75) is 6.42 Å². The Morgan fingerprint density at radius 3 is 2.44 bits per heavy atom. The molecule has 18 heavy (non-hydrogen) atoms. The first-order valence-corrected chi connectivity index (χ1v) is 6.10. The van der Waals surface area contributed by atoms with E-state index in [0.717, 1.165) is 17.7 Å². The fourth-order valence-electron chi connectivity index (χ4n) is 1.63. The molecule has 94 valence electrons. The first-order valence-electron chi connectivity index (χ1n) is 5.62. The van der Waals surface area contributed by atoms with Gasteiger partial charge in [-0.1, -0.05) is 18.2 Å². The molecule has 0 aromatic heterocycles. The molecule has 2 aromatic rings. The van der Waals surface area contributed by atoms with Crippen LogP contribution in [0.3, 0.4) is 0 Å². The summed E-state index contributed by atoms with van der Waals surface area (Å²) in [7, 11) is 2.24. The SMILES string of the molecule is Fc1ccc(OCCc2ccccc2OP)cc1. The molecule has 1 unspecified atom stereocenters. The monoisotopic (exact) mass is 264 g/mol. The molecule has 2 rings (SSSR count). The maximum atomic E-state index is 12.7. The Morgan fingerprint density at radius 2 is 1.72 bits per heavy atom. The third kappa shape index (κ3) is 3.44. The third-order valence-corrected chi connectivity index (χ3v) is 2.81. The number of para-hydroxylation sites is 1. The minimum atomic E-state index is -0.260. The largest absolute Gasteiger partial charge is 0.493 e. The molecule has 0 radical (unpaired) electrons. The molecule has 0 aliphatic heterocycles. The summed E-state index contributed by atoms with van der Waals surface area (Å²) in [5.41, 5.74) is 1.08. The Morgan fingerprint density at radius 1 is 1.00 bits per heavy atom. The Balaban J connectivity index is 1.90. The standard InChI is InChI=1S/C14H14FO2P/c15-12-5-7-13(8-6-12)16-10-9-11-3-1-2-4-14(11)17-18/h1-8H,9-10,18H2. The molecular weight excluding hydrogens is 250 g/mol. The minimum absolute atomic E-state index is 0.260. The van der Waals surface area contributed by atoms with Gasteiger partial charge in [-0.3, -0.25) is 0 Å². The predicted octanol–water partition coefficient (Wildman–Crippen LogP) is 3.62. The van der Waals surface area contributed by atoms with E-state index < -0.39 is 0 Å². The van der Waals surface area contributed by atoms with Gasteiger partial charge in [0.05, 0.1) is 16.1 Å². The first-order chi connectivity index (χ1) is 8.79. The average Bonchev–Trinajstić information content (AvgIpc) is 2.41. The summed E-state index contributed by atoms with van der Waals surface area (Å²) in [6, 6.07) is 13.8. The van der Waals surface area contributed by atoms with Crippen LogP contribution in [0.1, 0.15) is 5.56 Å². The number of benzene rings is 2. The molecule has 0 aliphatic carbocycles. The van der Waals surface area contributed by atoms with Gasteiger partial charge in [0.2, 0.25) is 0 Å². The van der Waals surface area contributed by atoms with Crippen molar-refractivity contribution in [1.29, 1.82) is 0 Å². The Bertz CT molecular complexity index is 499. The van der Waals surface area contributed by atoms with E-state index in [2.05, 4.69) is 9.47 Å². The lowest BCUT2D eigenvalue weighted by molar-refractivity contribution is 0.320. The van der Waals surface area contributed by atoms with E-state index in [1.54, 1.807) is 12.1 Å². The summed E-state index contributed by atoms with van der Waals surface area (Å²) < 4.78 is 23.4. The van der Waals surface area contributed by atoms with E-state index in [-0.39, 0.29) is 5.82 Å². The summed E-state index contributed by atoms with van der Waals surface area (Å²) in [5, 5.41) is 0. The highest BCUT2D eigenvalue weighted by atomic mass is 31.0. The van der Waals surface area contributed by atoms with Gasteiger partial charge in [0.25, 0.3) is 0 Å². The van der Waals surface area contributed by atoms with Crippen molar-refractivity contribution in [2.75, 3.05) is 6.61 Å². The van der Waals surface area contributed by atoms with Crippen LogP contribution in [0.2, 0.25) is 0 Å². The maximum absolute atomic E-state index is 12.7. The molecule has 2 aromatic carbocycles. The average molecular weight is 264 g/mol. The second kappa shape index (κ2) is 6.36. The summed E-state index contributed by atoms with van der Waals surface area (Å²) >= 11 is 0. The van der Waals surface area contributed by atoms with Crippen molar-refractivity contribution in [1.82, 2.24) is 0 Å². The van der Waals surface area contributed by atoms with E-state index >= 15 is 0 Å². The molecule has 0 bridgehead atoms. The van der Waals surface area contributed by atoms with Crippen LogP contribution in [-0.2, 0) is 6.42 Å². The summed E-state index contributed by atoms with van der Waals surface area (Å²) in [6.07, 6.45) is 0.738. The molecule has 0 fully saturated rings. The van der Waals surface area contributed by atoms with Gasteiger partial charge in [-0.25, -0.2) is 4.39 Å². The minimum Gasteiger partial charge on any atom is -0.493 e. The van der Waals surface area contributed by atoms with Crippen LogP contribution in [0.15, 0.2) is 48.5 Å². The molecule has 0 amide bonds. The van der Waals surface area contributed by atoms with Crippen molar-refractivity contribution in [2.24, 2.45) is 0 Å². The molecule has 0 aliphatic rings.